The average molecular weight is 386 g/mol. The van der Waals surface area contributed by atoms with Crippen LogP contribution in [0.5, 0.6) is 0 Å². The summed E-state index contributed by atoms with van der Waals surface area (Å²) in [5, 5.41) is 2.91. The molecule has 1 amide bonds. The van der Waals surface area contributed by atoms with E-state index in [4.69, 9.17) is 0 Å². The zero-order valence-corrected chi connectivity index (χ0v) is 16.0. The molecule has 0 spiro atoms. The minimum absolute atomic E-state index is 0.0686. The second-order valence-electron chi connectivity index (χ2n) is 6.31. The van der Waals surface area contributed by atoms with Crippen LogP contribution < -0.4 is 10.0 Å². The zero-order valence-electron chi connectivity index (χ0n) is 15.2. The van der Waals surface area contributed by atoms with Gasteiger partial charge in [-0.2, -0.15) is 0 Å². The highest BCUT2D eigenvalue weighted by atomic mass is 32.2. The fourth-order valence-corrected chi connectivity index (χ4v) is 3.57. The molecule has 1 atom stereocenters. The highest BCUT2D eigenvalue weighted by Crippen LogP contribution is 2.17. The lowest BCUT2D eigenvalue weighted by atomic mass is 10.1. The smallest absolute Gasteiger partial charge is 0.243 e. The van der Waals surface area contributed by atoms with Gasteiger partial charge in [0.2, 0.25) is 15.9 Å². The van der Waals surface area contributed by atoms with Crippen LogP contribution in [0.25, 0.3) is 11.0 Å². The quantitative estimate of drug-likeness (QED) is 0.649. The van der Waals surface area contributed by atoms with Crippen molar-refractivity contribution in [2.24, 2.45) is 0 Å². The first-order chi connectivity index (χ1) is 12.9. The summed E-state index contributed by atoms with van der Waals surface area (Å²) in [7, 11) is -1.90. The van der Waals surface area contributed by atoms with Crippen LogP contribution in [-0.2, 0) is 27.1 Å². The standard InChI is InChI=1S/C19H22N4O3S/c1-14(23-13-22-17-5-3-4-6-18(17)23)19(24)21-11-15-7-9-16(10-8-15)12-27(25,26)20-2/h3-10,13-14,20H,11-12H2,1-2H3,(H,21,24)/t14-/m0/s1. The van der Waals surface area contributed by atoms with Crippen molar-refractivity contribution in [2.45, 2.75) is 25.3 Å². The number of hydrogen-bond acceptors (Lipinski definition) is 4. The van der Waals surface area contributed by atoms with E-state index in [2.05, 4.69) is 15.0 Å². The van der Waals surface area contributed by atoms with Crippen molar-refractivity contribution in [1.29, 1.82) is 0 Å². The van der Waals surface area contributed by atoms with Crippen LogP contribution in [0.3, 0.4) is 0 Å². The van der Waals surface area contributed by atoms with E-state index < -0.39 is 16.1 Å². The molecular formula is C19H22N4O3S. The van der Waals surface area contributed by atoms with Gasteiger partial charge >= 0.3 is 0 Å². The number of aromatic nitrogens is 2. The van der Waals surface area contributed by atoms with Crippen LogP contribution in [0, 0.1) is 0 Å². The van der Waals surface area contributed by atoms with E-state index in [1.165, 1.54) is 7.05 Å². The first kappa shape index (κ1) is 19.1. The van der Waals surface area contributed by atoms with Crippen molar-refractivity contribution < 1.29 is 13.2 Å². The van der Waals surface area contributed by atoms with Gasteiger partial charge in [-0.3, -0.25) is 4.79 Å². The van der Waals surface area contributed by atoms with E-state index in [0.717, 1.165) is 16.6 Å². The summed E-state index contributed by atoms with van der Waals surface area (Å²) in [5.41, 5.74) is 3.36. The molecule has 0 saturated heterocycles. The van der Waals surface area contributed by atoms with Crippen molar-refractivity contribution in [3.05, 3.63) is 66.0 Å². The molecule has 1 aromatic heterocycles. The van der Waals surface area contributed by atoms with Crippen molar-refractivity contribution in [3.8, 4) is 0 Å². The fourth-order valence-electron chi connectivity index (χ4n) is 2.80. The lowest BCUT2D eigenvalue weighted by Crippen LogP contribution is -2.30. The summed E-state index contributed by atoms with van der Waals surface area (Å²) in [6, 6.07) is 14.4. The molecule has 0 unspecified atom stereocenters. The van der Waals surface area contributed by atoms with Crippen LogP contribution in [0.4, 0.5) is 0 Å². The van der Waals surface area contributed by atoms with Crippen molar-refractivity contribution in [2.75, 3.05) is 7.05 Å². The third kappa shape index (κ3) is 4.53. The summed E-state index contributed by atoms with van der Waals surface area (Å²) in [6.07, 6.45) is 1.67. The number of nitrogens with one attached hydrogen (secondary N) is 2. The summed E-state index contributed by atoms with van der Waals surface area (Å²) >= 11 is 0. The second-order valence-corrected chi connectivity index (χ2v) is 8.24. The molecule has 2 N–H and O–H groups in total. The highest BCUT2D eigenvalue weighted by Gasteiger charge is 2.16. The molecule has 3 aromatic rings. The van der Waals surface area contributed by atoms with E-state index in [0.29, 0.717) is 12.1 Å². The predicted molar refractivity (Wildman–Crippen MR) is 104 cm³/mol. The van der Waals surface area contributed by atoms with E-state index in [1.807, 2.05) is 47.9 Å². The van der Waals surface area contributed by atoms with Crippen molar-refractivity contribution >= 4 is 27.0 Å². The number of fused-ring (bicyclic) bond motifs is 1. The number of carbonyl (C=O) groups is 1. The third-order valence-corrected chi connectivity index (χ3v) is 5.77. The Hall–Kier alpha value is -2.71. The maximum atomic E-state index is 12.5. The van der Waals surface area contributed by atoms with Gasteiger partial charge in [-0.25, -0.2) is 18.1 Å². The Kier molecular flexibility index (Phi) is 5.57. The van der Waals surface area contributed by atoms with Crippen LogP contribution >= 0.6 is 0 Å². The van der Waals surface area contributed by atoms with Crippen LogP contribution in [-0.4, -0.2) is 30.9 Å². The minimum Gasteiger partial charge on any atom is -0.350 e. The Labute approximate surface area is 158 Å². The van der Waals surface area contributed by atoms with Gasteiger partial charge in [-0.05, 0) is 37.2 Å². The van der Waals surface area contributed by atoms with Crippen LogP contribution in [0.2, 0.25) is 0 Å². The number of imidazole rings is 1. The molecule has 1 heterocycles. The summed E-state index contributed by atoms with van der Waals surface area (Å²) in [6.45, 7) is 2.20. The Morgan fingerprint density at radius 2 is 1.78 bits per heavy atom. The molecule has 7 nitrogen and oxygen atoms in total. The number of para-hydroxylation sites is 2. The minimum atomic E-state index is -3.29. The number of amides is 1. The molecular weight excluding hydrogens is 364 g/mol. The first-order valence-corrected chi connectivity index (χ1v) is 10.2. The molecule has 0 aliphatic heterocycles. The number of benzene rings is 2. The largest absolute Gasteiger partial charge is 0.350 e. The van der Waals surface area contributed by atoms with Gasteiger partial charge in [0, 0.05) is 6.54 Å². The topological polar surface area (TPSA) is 93.1 Å². The predicted octanol–water partition coefficient (Wildman–Crippen LogP) is 1.96. The number of rotatable bonds is 7. The lowest BCUT2D eigenvalue weighted by Gasteiger charge is -2.15. The molecule has 0 bridgehead atoms. The Morgan fingerprint density at radius 1 is 1.11 bits per heavy atom. The van der Waals surface area contributed by atoms with Crippen molar-refractivity contribution in [3.63, 3.8) is 0 Å². The monoisotopic (exact) mass is 386 g/mol. The maximum Gasteiger partial charge on any atom is 0.243 e. The van der Waals surface area contributed by atoms with E-state index in [1.54, 1.807) is 18.5 Å². The van der Waals surface area contributed by atoms with Gasteiger partial charge in [0.25, 0.3) is 0 Å². The number of carbonyl (C=O) groups excluding carboxylic acids is 1. The van der Waals surface area contributed by atoms with Crippen LogP contribution in [0.15, 0.2) is 54.9 Å². The molecule has 2 aromatic carbocycles. The molecule has 0 fully saturated rings. The normalized spacial score (nSPS) is 12.8. The molecule has 3 rings (SSSR count). The molecule has 0 radical (unpaired) electrons. The first-order valence-electron chi connectivity index (χ1n) is 8.58. The Balaban J connectivity index is 1.62. The number of nitrogens with zero attached hydrogens (tertiary/aromatic N) is 2. The van der Waals surface area contributed by atoms with Crippen LogP contribution in [0.1, 0.15) is 24.1 Å². The van der Waals surface area contributed by atoms with Crippen molar-refractivity contribution in [1.82, 2.24) is 19.6 Å². The van der Waals surface area contributed by atoms with Gasteiger partial charge in [-0.1, -0.05) is 36.4 Å². The Bertz CT molecular complexity index is 1040. The fraction of sp³-hybridized carbons (Fsp3) is 0.263. The van der Waals surface area contributed by atoms with Gasteiger partial charge in [0.15, 0.2) is 0 Å². The maximum absolute atomic E-state index is 12.5. The van der Waals surface area contributed by atoms with Gasteiger partial charge in [0.1, 0.15) is 6.04 Å². The third-order valence-electron chi connectivity index (χ3n) is 4.44. The highest BCUT2D eigenvalue weighted by molar-refractivity contribution is 7.88. The zero-order chi connectivity index (χ0) is 19.4. The number of hydrogen-bond donors (Lipinski definition) is 2. The molecule has 0 aliphatic carbocycles. The van der Waals surface area contributed by atoms with Gasteiger partial charge < -0.3 is 9.88 Å². The molecule has 142 valence electrons. The summed E-state index contributed by atoms with van der Waals surface area (Å²) < 4.78 is 27.3. The summed E-state index contributed by atoms with van der Waals surface area (Å²) in [4.78, 5) is 16.8. The van der Waals surface area contributed by atoms with E-state index >= 15 is 0 Å². The number of sulfonamides is 1. The molecule has 0 saturated carbocycles. The summed E-state index contributed by atoms with van der Waals surface area (Å²) in [5.74, 6) is -0.180. The average Bonchev–Trinajstić information content (AvgIpc) is 3.10. The van der Waals surface area contributed by atoms with E-state index in [-0.39, 0.29) is 11.7 Å². The van der Waals surface area contributed by atoms with Gasteiger partial charge in [0.05, 0.1) is 23.1 Å². The molecule has 0 aliphatic rings. The van der Waals surface area contributed by atoms with E-state index in [9.17, 15) is 13.2 Å². The SMILES string of the molecule is CNS(=O)(=O)Cc1ccc(CNC(=O)[C@H](C)n2cnc3ccccc32)cc1. The lowest BCUT2D eigenvalue weighted by molar-refractivity contribution is -0.123. The van der Waals surface area contributed by atoms with Gasteiger partial charge in [-0.15, -0.1) is 0 Å². The molecule has 8 heteroatoms. The second kappa shape index (κ2) is 7.89. The molecule has 27 heavy (non-hydrogen) atoms. The Morgan fingerprint density at radius 3 is 2.48 bits per heavy atom.